The smallest absolute Gasteiger partial charge is 0.407 e. The Bertz CT molecular complexity index is 1440. The van der Waals surface area contributed by atoms with E-state index in [1.807, 2.05) is 45.2 Å². The molecule has 0 bridgehead atoms. The summed E-state index contributed by atoms with van der Waals surface area (Å²) in [5.74, 6) is 0.590. The summed E-state index contributed by atoms with van der Waals surface area (Å²) < 4.78 is 0. The number of likely N-dealkylation sites (N-methyl/N-ethyl adjacent to an activating group) is 1. The maximum atomic E-state index is 13.4. The number of nitrogens with one attached hydrogen (secondary N) is 2. The van der Waals surface area contributed by atoms with Gasteiger partial charge in [-0.1, -0.05) is 0 Å². The third kappa shape index (κ3) is 4.93. The van der Waals surface area contributed by atoms with Gasteiger partial charge in [0.25, 0.3) is 11.5 Å². The summed E-state index contributed by atoms with van der Waals surface area (Å²) in [4.78, 5) is 50.1. The molecule has 0 unspecified atom stereocenters. The van der Waals surface area contributed by atoms with Crippen LogP contribution in [0.2, 0.25) is 0 Å². The molecule has 5 rings (SSSR count). The Labute approximate surface area is 220 Å². The van der Waals surface area contributed by atoms with Gasteiger partial charge >= 0.3 is 6.09 Å². The van der Waals surface area contributed by atoms with Gasteiger partial charge in [0.1, 0.15) is 5.82 Å². The van der Waals surface area contributed by atoms with Crippen LogP contribution in [-0.2, 0) is 13.0 Å². The molecule has 2 aliphatic rings. The Morgan fingerprint density at radius 3 is 2.47 bits per heavy atom. The van der Waals surface area contributed by atoms with Gasteiger partial charge < -0.3 is 30.1 Å². The molecule has 0 radical (unpaired) electrons. The van der Waals surface area contributed by atoms with Crippen molar-refractivity contribution in [1.29, 1.82) is 0 Å². The van der Waals surface area contributed by atoms with Crippen molar-refractivity contribution in [3.63, 3.8) is 0 Å². The van der Waals surface area contributed by atoms with Crippen LogP contribution in [0.15, 0.2) is 41.3 Å². The van der Waals surface area contributed by atoms with Crippen LogP contribution in [0, 0.1) is 13.8 Å². The SMILES string of the molecule is Cc1cc(C)c(CNC(=O)c2cc(-c3ccc(N4CCN(C(=O)O)CC4)nc3)cc3c2CCN3C)c(=O)[nH]1. The second-order valence-corrected chi connectivity index (χ2v) is 9.98. The van der Waals surface area contributed by atoms with E-state index in [0.29, 0.717) is 37.3 Å². The molecule has 2 amide bonds. The minimum atomic E-state index is -0.893. The highest BCUT2D eigenvalue weighted by Crippen LogP contribution is 2.35. The van der Waals surface area contributed by atoms with Crippen molar-refractivity contribution >= 4 is 23.5 Å². The Morgan fingerprint density at radius 2 is 1.82 bits per heavy atom. The van der Waals surface area contributed by atoms with Gasteiger partial charge in [-0.15, -0.1) is 0 Å². The lowest BCUT2D eigenvalue weighted by atomic mass is 9.97. The number of anilines is 2. The van der Waals surface area contributed by atoms with Crippen molar-refractivity contribution in [2.24, 2.45) is 0 Å². The molecule has 0 atom stereocenters. The van der Waals surface area contributed by atoms with Crippen molar-refractivity contribution in [3.8, 4) is 11.1 Å². The molecule has 2 aromatic heterocycles. The molecule has 10 heteroatoms. The van der Waals surface area contributed by atoms with Crippen LogP contribution in [0.4, 0.5) is 16.3 Å². The average molecular weight is 517 g/mol. The minimum absolute atomic E-state index is 0.153. The van der Waals surface area contributed by atoms with Gasteiger partial charge in [-0.3, -0.25) is 9.59 Å². The number of carboxylic acid groups (broad SMARTS) is 1. The fourth-order valence-corrected chi connectivity index (χ4v) is 5.27. The number of aromatic amines is 1. The number of pyridine rings is 2. The molecule has 38 heavy (non-hydrogen) atoms. The number of carbonyl (C=O) groups excluding carboxylic acids is 1. The lowest BCUT2D eigenvalue weighted by Crippen LogP contribution is -2.48. The monoisotopic (exact) mass is 516 g/mol. The predicted molar refractivity (Wildman–Crippen MR) is 146 cm³/mol. The van der Waals surface area contributed by atoms with Crippen molar-refractivity contribution in [3.05, 3.63) is 74.8 Å². The summed E-state index contributed by atoms with van der Waals surface area (Å²) in [5.41, 5.74) is 6.42. The zero-order chi connectivity index (χ0) is 27.0. The van der Waals surface area contributed by atoms with Crippen molar-refractivity contribution in [1.82, 2.24) is 20.2 Å². The molecule has 1 fully saturated rings. The van der Waals surface area contributed by atoms with E-state index in [9.17, 15) is 19.5 Å². The molecule has 1 saturated heterocycles. The van der Waals surface area contributed by atoms with E-state index in [1.165, 1.54) is 4.90 Å². The Kier molecular flexibility index (Phi) is 6.79. The number of benzene rings is 1. The van der Waals surface area contributed by atoms with Gasteiger partial charge in [-0.05, 0) is 67.3 Å². The third-order valence-electron chi connectivity index (χ3n) is 7.45. The predicted octanol–water partition coefficient (Wildman–Crippen LogP) is 2.78. The van der Waals surface area contributed by atoms with Gasteiger partial charge in [0.15, 0.2) is 0 Å². The topological polar surface area (TPSA) is 122 Å². The largest absolute Gasteiger partial charge is 0.465 e. The number of aromatic nitrogens is 2. The first-order valence-electron chi connectivity index (χ1n) is 12.8. The standard InChI is InChI=1S/C28H32N6O4/c1-17-12-18(2)31-27(36)23(17)16-30-26(35)22-13-20(14-24-21(22)6-7-32(24)3)19-4-5-25(29-15-19)33-8-10-34(11-9-33)28(37)38/h4-5,12-15H,6-11,16H2,1-3H3,(H,30,35)(H,31,36)(H,37,38). The molecule has 0 aliphatic carbocycles. The normalized spacial score (nSPS) is 15.0. The molecule has 3 aromatic rings. The number of amides is 2. The molecule has 2 aliphatic heterocycles. The third-order valence-corrected chi connectivity index (χ3v) is 7.45. The summed E-state index contributed by atoms with van der Waals surface area (Å²) in [5, 5.41) is 12.1. The lowest BCUT2D eigenvalue weighted by molar-refractivity contribution is 0.0950. The highest BCUT2D eigenvalue weighted by Gasteiger charge is 2.25. The molecule has 10 nitrogen and oxygen atoms in total. The number of carbonyl (C=O) groups is 2. The van der Waals surface area contributed by atoms with Gasteiger partial charge in [0.2, 0.25) is 0 Å². The van der Waals surface area contributed by atoms with Gasteiger partial charge in [0.05, 0.1) is 0 Å². The second-order valence-electron chi connectivity index (χ2n) is 9.98. The molecular weight excluding hydrogens is 484 g/mol. The van der Waals surface area contributed by atoms with Crippen LogP contribution in [0.1, 0.15) is 32.7 Å². The minimum Gasteiger partial charge on any atom is -0.465 e. The van der Waals surface area contributed by atoms with Crippen LogP contribution >= 0.6 is 0 Å². The van der Waals surface area contributed by atoms with E-state index in [2.05, 4.69) is 31.2 Å². The van der Waals surface area contributed by atoms with E-state index in [0.717, 1.165) is 52.4 Å². The number of fused-ring (bicyclic) bond motifs is 1. The molecule has 4 heterocycles. The zero-order valence-corrected chi connectivity index (χ0v) is 21.9. The molecule has 3 N–H and O–H groups in total. The van der Waals surface area contributed by atoms with Crippen LogP contribution in [-0.4, -0.2) is 71.7 Å². The maximum absolute atomic E-state index is 13.4. The van der Waals surface area contributed by atoms with Crippen LogP contribution in [0.3, 0.4) is 0 Å². The molecule has 0 saturated carbocycles. The lowest BCUT2D eigenvalue weighted by Gasteiger charge is -2.33. The first kappa shape index (κ1) is 25.3. The highest BCUT2D eigenvalue weighted by atomic mass is 16.4. The van der Waals surface area contributed by atoms with E-state index >= 15 is 0 Å². The van der Waals surface area contributed by atoms with Crippen molar-refractivity contribution in [2.45, 2.75) is 26.8 Å². The summed E-state index contributed by atoms with van der Waals surface area (Å²) in [6.45, 7) is 6.77. The number of aryl methyl sites for hydroxylation is 2. The fraction of sp³-hybridized carbons (Fsp3) is 0.357. The second kappa shape index (κ2) is 10.2. The highest BCUT2D eigenvalue weighted by molar-refractivity contribution is 5.99. The maximum Gasteiger partial charge on any atom is 0.407 e. The van der Waals surface area contributed by atoms with Crippen molar-refractivity contribution < 1.29 is 14.7 Å². The summed E-state index contributed by atoms with van der Waals surface area (Å²) >= 11 is 0. The fourth-order valence-electron chi connectivity index (χ4n) is 5.27. The Morgan fingerprint density at radius 1 is 1.05 bits per heavy atom. The van der Waals surface area contributed by atoms with Crippen LogP contribution < -0.4 is 20.7 Å². The number of H-pyrrole nitrogens is 1. The molecular formula is C28H32N6O4. The molecule has 1 aromatic carbocycles. The summed E-state index contributed by atoms with van der Waals surface area (Å²) in [7, 11) is 2.02. The first-order chi connectivity index (χ1) is 18.2. The Hall–Kier alpha value is -4.34. The van der Waals surface area contributed by atoms with E-state index in [4.69, 9.17) is 0 Å². The van der Waals surface area contributed by atoms with E-state index in [-0.39, 0.29) is 18.0 Å². The number of hydrogen-bond donors (Lipinski definition) is 3. The average Bonchev–Trinajstić information content (AvgIpc) is 3.28. The number of piperazine rings is 1. The molecule has 0 spiro atoms. The first-order valence-corrected chi connectivity index (χ1v) is 12.8. The van der Waals surface area contributed by atoms with Crippen molar-refractivity contribution in [2.75, 3.05) is 49.6 Å². The van der Waals surface area contributed by atoms with E-state index < -0.39 is 6.09 Å². The zero-order valence-electron chi connectivity index (χ0n) is 21.9. The van der Waals surface area contributed by atoms with Crippen LogP contribution in [0.25, 0.3) is 11.1 Å². The Balaban J connectivity index is 1.38. The molecule has 198 valence electrons. The van der Waals surface area contributed by atoms with Gasteiger partial charge in [-0.25, -0.2) is 9.78 Å². The number of nitrogens with zero attached hydrogens (tertiary/aromatic N) is 4. The van der Waals surface area contributed by atoms with Gasteiger partial charge in [-0.2, -0.15) is 0 Å². The summed E-state index contributed by atoms with van der Waals surface area (Å²) in [6, 6.07) is 9.82. The van der Waals surface area contributed by atoms with E-state index in [1.54, 1.807) is 6.20 Å². The quantitative estimate of drug-likeness (QED) is 0.477. The number of rotatable bonds is 5. The van der Waals surface area contributed by atoms with Gasteiger partial charge in [0, 0.05) is 80.6 Å². The number of hydrogen-bond acceptors (Lipinski definition) is 6. The summed E-state index contributed by atoms with van der Waals surface area (Å²) in [6.07, 6.45) is 1.68. The van der Waals surface area contributed by atoms with Crippen LogP contribution in [0.5, 0.6) is 0 Å².